The Morgan fingerprint density at radius 3 is 2.40 bits per heavy atom. The number of para-hydroxylation sites is 1. The van der Waals surface area contributed by atoms with Crippen LogP contribution in [-0.4, -0.2) is 15.5 Å². The van der Waals surface area contributed by atoms with Gasteiger partial charge in [0.25, 0.3) is 5.56 Å². The number of rotatable bonds is 6. The molecule has 0 saturated heterocycles. The van der Waals surface area contributed by atoms with E-state index in [0.717, 1.165) is 26.5 Å². The molecule has 0 saturated carbocycles. The van der Waals surface area contributed by atoms with Crippen LogP contribution in [0.1, 0.15) is 22.4 Å². The predicted molar refractivity (Wildman–Crippen MR) is 122 cm³/mol. The average Bonchev–Trinajstić information content (AvgIpc) is 3.07. The third-order valence-electron chi connectivity index (χ3n) is 5.27. The molecule has 152 valence electrons. The maximum atomic E-state index is 13.2. The molecule has 30 heavy (non-hydrogen) atoms. The molecule has 0 aliphatic rings. The number of fused-ring (bicyclic) bond motifs is 1. The quantitative estimate of drug-likeness (QED) is 0.457. The van der Waals surface area contributed by atoms with Crippen molar-refractivity contribution < 1.29 is 4.79 Å². The van der Waals surface area contributed by atoms with E-state index in [2.05, 4.69) is 4.98 Å². The summed E-state index contributed by atoms with van der Waals surface area (Å²) in [5, 5.41) is 0.664. The lowest BCUT2D eigenvalue weighted by atomic mass is 10.2. The average molecular weight is 418 g/mol. The van der Waals surface area contributed by atoms with Gasteiger partial charge in [0.1, 0.15) is 4.83 Å². The largest absolute Gasteiger partial charge is 0.308 e. The van der Waals surface area contributed by atoms with E-state index in [1.54, 1.807) is 15.8 Å². The molecular formula is C24H23N3O2S. The molecule has 0 aliphatic carbocycles. The van der Waals surface area contributed by atoms with Crippen molar-refractivity contribution in [2.24, 2.45) is 0 Å². The predicted octanol–water partition coefficient (Wildman–Crippen LogP) is 4.70. The Balaban J connectivity index is 1.57. The van der Waals surface area contributed by atoms with Gasteiger partial charge in [-0.2, -0.15) is 0 Å². The maximum Gasteiger partial charge on any atom is 0.262 e. The highest BCUT2D eigenvalue weighted by Gasteiger charge is 2.17. The first-order valence-electron chi connectivity index (χ1n) is 9.89. The SMILES string of the molecule is Cc1sc2ncn(CCC(=O)N(Cc3ccccc3)c3ccccc3)c(=O)c2c1C. The molecule has 0 N–H and O–H groups in total. The molecule has 2 aromatic carbocycles. The molecule has 2 heterocycles. The van der Waals surface area contributed by atoms with Crippen molar-refractivity contribution in [2.45, 2.75) is 33.4 Å². The highest BCUT2D eigenvalue weighted by Crippen LogP contribution is 2.25. The number of anilines is 1. The standard InChI is InChI=1S/C24H23N3O2S/c1-17-18(2)30-23-22(17)24(29)26(16-25-23)14-13-21(28)27(20-11-7-4-8-12-20)15-19-9-5-3-6-10-19/h3-12,16H,13-15H2,1-2H3. The summed E-state index contributed by atoms with van der Waals surface area (Å²) in [6.07, 6.45) is 1.77. The monoisotopic (exact) mass is 417 g/mol. The fourth-order valence-electron chi connectivity index (χ4n) is 3.48. The van der Waals surface area contributed by atoms with Gasteiger partial charge >= 0.3 is 0 Å². The molecule has 0 radical (unpaired) electrons. The summed E-state index contributed by atoms with van der Waals surface area (Å²) in [4.78, 5) is 34.1. The number of hydrogen-bond donors (Lipinski definition) is 0. The summed E-state index contributed by atoms with van der Waals surface area (Å²) in [5.41, 5.74) is 2.79. The van der Waals surface area contributed by atoms with Gasteiger partial charge < -0.3 is 4.90 Å². The Labute approximate surface area is 179 Å². The van der Waals surface area contributed by atoms with E-state index in [1.807, 2.05) is 74.5 Å². The Kier molecular flexibility index (Phi) is 5.77. The van der Waals surface area contributed by atoms with E-state index < -0.39 is 0 Å². The second kappa shape index (κ2) is 8.63. The molecule has 0 aliphatic heterocycles. The molecule has 6 heteroatoms. The fraction of sp³-hybridized carbons (Fsp3) is 0.208. The highest BCUT2D eigenvalue weighted by molar-refractivity contribution is 7.18. The minimum Gasteiger partial charge on any atom is -0.308 e. The number of thiophene rings is 1. The van der Waals surface area contributed by atoms with Gasteiger partial charge in [0.05, 0.1) is 18.3 Å². The molecule has 5 nitrogen and oxygen atoms in total. The number of aryl methyl sites for hydroxylation is 3. The smallest absolute Gasteiger partial charge is 0.262 e. The molecule has 0 unspecified atom stereocenters. The van der Waals surface area contributed by atoms with Crippen LogP contribution in [0.25, 0.3) is 10.2 Å². The molecule has 0 bridgehead atoms. The number of nitrogens with zero attached hydrogens (tertiary/aromatic N) is 3. The van der Waals surface area contributed by atoms with Crippen molar-refractivity contribution >= 4 is 33.1 Å². The zero-order valence-electron chi connectivity index (χ0n) is 17.0. The van der Waals surface area contributed by atoms with E-state index in [4.69, 9.17) is 0 Å². The Bertz CT molecular complexity index is 1230. The van der Waals surface area contributed by atoms with Crippen LogP contribution in [-0.2, 0) is 17.9 Å². The second-order valence-electron chi connectivity index (χ2n) is 7.26. The van der Waals surface area contributed by atoms with Crippen molar-refractivity contribution in [3.8, 4) is 0 Å². The molecule has 2 aromatic heterocycles. The number of aromatic nitrogens is 2. The van der Waals surface area contributed by atoms with Gasteiger partial charge in [-0.3, -0.25) is 14.2 Å². The van der Waals surface area contributed by atoms with Crippen LogP contribution in [0, 0.1) is 13.8 Å². The molecule has 0 fully saturated rings. The Morgan fingerprint density at radius 1 is 1.03 bits per heavy atom. The lowest BCUT2D eigenvalue weighted by Crippen LogP contribution is -2.32. The number of hydrogen-bond acceptors (Lipinski definition) is 4. The van der Waals surface area contributed by atoms with E-state index in [1.165, 1.54) is 11.3 Å². The van der Waals surface area contributed by atoms with E-state index in [-0.39, 0.29) is 17.9 Å². The van der Waals surface area contributed by atoms with E-state index in [9.17, 15) is 9.59 Å². The number of carbonyl (C=O) groups is 1. The molecule has 0 atom stereocenters. The second-order valence-corrected chi connectivity index (χ2v) is 8.46. The summed E-state index contributed by atoms with van der Waals surface area (Å²) >= 11 is 1.53. The van der Waals surface area contributed by atoms with Gasteiger partial charge in [-0.05, 0) is 37.1 Å². The fourth-order valence-corrected chi connectivity index (χ4v) is 4.47. The molecule has 1 amide bonds. The van der Waals surface area contributed by atoms with Crippen LogP contribution in [0.3, 0.4) is 0 Å². The summed E-state index contributed by atoms with van der Waals surface area (Å²) in [5.74, 6) is -0.0322. The van der Waals surface area contributed by atoms with Crippen molar-refractivity contribution in [2.75, 3.05) is 4.90 Å². The first-order chi connectivity index (χ1) is 14.5. The van der Waals surface area contributed by atoms with E-state index in [0.29, 0.717) is 18.5 Å². The van der Waals surface area contributed by atoms with Gasteiger partial charge in [-0.25, -0.2) is 4.98 Å². The van der Waals surface area contributed by atoms with Crippen LogP contribution in [0.2, 0.25) is 0 Å². The third-order valence-corrected chi connectivity index (χ3v) is 6.39. The van der Waals surface area contributed by atoms with Crippen LogP contribution >= 0.6 is 11.3 Å². The van der Waals surface area contributed by atoms with Gasteiger partial charge in [0.2, 0.25) is 5.91 Å². The van der Waals surface area contributed by atoms with Gasteiger partial charge in [0.15, 0.2) is 0 Å². The van der Waals surface area contributed by atoms with Crippen LogP contribution in [0.15, 0.2) is 71.8 Å². The number of carbonyl (C=O) groups excluding carboxylic acids is 1. The van der Waals surface area contributed by atoms with Crippen molar-refractivity contribution in [3.63, 3.8) is 0 Å². The molecule has 4 rings (SSSR count). The zero-order valence-corrected chi connectivity index (χ0v) is 17.9. The van der Waals surface area contributed by atoms with E-state index >= 15 is 0 Å². The maximum absolute atomic E-state index is 13.2. The van der Waals surface area contributed by atoms with Gasteiger partial charge in [0, 0.05) is 23.5 Å². The summed E-state index contributed by atoms with van der Waals surface area (Å²) in [6.45, 7) is 4.73. The molecule has 0 spiro atoms. The van der Waals surface area contributed by atoms with Gasteiger partial charge in [-0.15, -0.1) is 11.3 Å². The van der Waals surface area contributed by atoms with Crippen LogP contribution in [0.4, 0.5) is 5.69 Å². The lowest BCUT2D eigenvalue weighted by molar-refractivity contribution is -0.119. The first-order valence-corrected chi connectivity index (χ1v) is 10.7. The number of amides is 1. The van der Waals surface area contributed by atoms with Crippen LogP contribution in [0.5, 0.6) is 0 Å². The summed E-state index contributed by atoms with van der Waals surface area (Å²) < 4.78 is 1.55. The summed E-state index contributed by atoms with van der Waals surface area (Å²) in [6, 6.07) is 19.5. The first kappa shape index (κ1) is 20.0. The van der Waals surface area contributed by atoms with Crippen molar-refractivity contribution in [1.82, 2.24) is 9.55 Å². The lowest BCUT2D eigenvalue weighted by Gasteiger charge is -2.23. The minimum atomic E-state index is -0.0797. The van der Waals surface area contributed by atoms with Gasteiger partial charge in [-0.1, -0.05) is 48.5 Å². The van der Waals surface area contributed by atoms with Crippen molar-refractivity contribution in [3.05, 3.63) is 93.3 Å². The zero-order chi connectivity index (χ0) is 21.1. The van der Waals surface area contributed by atoms with Crippen LogP contribution < -0.4 is 10.5 Å². The normalized spacial score (nSPS) is 11.0. The minimum absolute atomic E-state index is 0.0322. The molecular weight excluding hydrogens is 394 g/mol. The van der Waals surface area contributed by atoms with Crippen molar-refractivity contribution in [1.29, 1.82) is 0 Å². The Morgan fingerprint density at radius 2 is 1.70 bits per heavy atom. The third kappa shape index (κ3) is 4.04. The number of benzene rings is 2. The summed E-state index contributed by atoms with van der Waals surface area (Å²) in [7, 11) is 0. The highest BCUT2D eigenvalue weighted by atomic mass is 32.1. The Hall–Kier alpha value is -3.25. The topological polar surface area (TPSA) is 55.2 Å². The molecule has 4 aromatic rings.